The van der Waals surface area contributed by atoms with Crippen molar-refractivity contribution in [2.75, 3.05) is 26.2 Å². The van der Waals surface area contributed by atoms with Crippen LogP contribution in [0.5, 0.6) is 0 Å². The summed E-state index contributed by atoms with van der Waals surface area (Å²) >= 11 is 0. The van der Waals surface area contributed by atoms with Gasteiger partial charge < -0.3 is 24.6 Å². The first-order valence-corrected chi connectivity index (χ1v) is 14.3. The van der Waals surface area contributed by atoms with Gasteiger partial charge in [-0.05, 0) is 57.8 Å². The number of carboxylic acids is 3. The van der Waals surface area contributed by atoms with E-state index in [2.05, 4.69) is 19.1 Å². The van der Waals surface area contributed by atoms with Crippen LogP contribution in [0.25, 0.3) is 0 Å². The maximum Gasteiger partial charge on any atom is 0.312 e. The number of nitrogens with zero attached hydrogens (tertiary/aromatic N) is 1. The number of rotatable bonds is 24. The van der Waals surface area contributed by atoms with Crippen LogP contribution in [0.15, 0.2) is 12.2 Å². The number of unbranched alkanes of at least 4 members (excludes halogenated alkanes) is 8. The highest BCUT2D eigenvalue weighted by atomic mass is 16.4. The van der Waals surface area contributed by atoms with Crippen LogP contribution >= 0.6 is 0 Å². The van der Waals surface area contributed by atoms with Crippen molar-refractivity contribution in [3.05, 3.63) is 12.2 Å². The van der Waals surface area contributed by atoms with Crippen LogP contribution in [0.2, 0.25) is 0 Å². The van der Waals surface area contributed by atoms with E-state index in [9.17, 15) is 29.7 Å². The molecule has 0 radical (unpaired) electrons. The molecule has 7 heteroatoms. The molecule has 2 N–H and O–H groups in total. The lowest BCUT2D eigenvalue weighted by atomic mass is 9.95. The van der Waals surface area contributed by atoms with Crippen LogP contribution in [0, 0.1) is 17.8 Å². The summed E-state index contributed by atoms with van der Waals surface area (Å²) in [6.45, 7) is 8.94. The van der Waals surface area contributed by atoms with E-state index in [0.29, 0.717) is 25.8 Å². The number of carbonyl (C=O) groups is 3. The summed E-state index contributed by atoms with van der Waals surface area (Å²) in [6, 6.07) is 0. The van der Waals surface area contributed by atoms with E-state index < -0.39 is 35.7 Å². The largest absolute Gasteiger partial charge is 0.550 e. The highest BCUT2D eigenvalue weighted by Gasteiger charge is 2.39. The molecule has 0 aliphatic heterocycles. The molecule has 0 aromatic heterocycles. The van der Waals surface area contributed by atoms with E-state index in [1.165, 1.54) is 19.3 Å². The summed E-state index contributed by atoms with van der Waals surface area (Å²) in [5, 5.41) is 31.3. The summed E-state index contributed by atoms with van der Waals surface area (Å²) in [4.78, 5) is 35.6. The van der Waals surface area contributed by atoms with Crippen molar-refractivity contribution in [3.63, 3.8) is 0 Å². The molecule has 7 nitrogen and oxygen atoms in total. The molecule has 0 aliphatic rings. The lowest BCUT2D eigenvalue weighted by molar-refractivity contribution is -0.935. The average molecular weight is 512 g/mol. The molecule has 0 saturated carbocycles. The normalized spacial score (nSPS) is 15.9. The van der Waals surface area contributed by atoms with Crippen LogP contribution in [-0.2, 0) is 14.4 Å². The van der Waals surface area contributed by atoms with Gasteiger partial charge in [-0.2, -0.15) is 0 Å². The van der Waals surface area contributed by atoms with Crippen LogP contribution in [-0.4, -0.2) is 58.8 Å². The Bertz CT molecular complexity index is 588. The maximum absolute atomic E-state index is 11.9. The molecule has 210 valence electrons. The van der Waals surface area contributed by atoms with Crippen molar-refractivity contribution < 1.29 is 34.2 Å². The Morgan fingerprint density at radius 1 is 0.667 bits per heavy atom. The van der Waals surface area contributed by atoms with Crippen LogP contribution < -0.4 is 5.11 Å². The first kappa shape index (κ1) is 34.1. The second kappa shape index (κ2) is 20.2. The fraction of sp³-hybridized carbons (Fsp3) is 0.828. The van der Waals surface area contributed by atoms with Gasteiger partial charge in [0.25, 0.3) is 0 Å². The Balaban J connectivity index is 5.27. The molecule has 3 unspecified atom stereocenters. The first-order valence-electron chi connectivity index (χ1n) is 14.3. The van der Waals surface area contributed by atoms with Gasteiger partial charge in [-0.3, -0.25) is 9.59 Å². The van der Waals surface area contributed by atoms with Gasteiger partial charge in [0.05, 0.1) is 32.1 Å². The van der Waals surface area contributed by atoms with Gasteiger partial charge in [-0.25, -0.2) is 0 Å². The Morgan fingerprint density at radius 3 is 1.50 bits per heavy atom. The molecule has 3 atom stereocenters. The highest BCUT2D eigenvalue weighted by molar-refractivity contribution is 5.70. The first-order chi connectivity index (χ1) is 17.2. The predicted octanol–water partition coefficient (Wildman–Crippen LogP) is 5.28. The molecular weight excluding hydrogens is 458 g/mol. The van der Waals surface area contributed by atoms with Gasteiger partial charge in [0.15, 0.2) is 0 Å². The van der Waals surface area contributed by atoms with Crippen LogP contribution in [0.1, 0.15) is 111 Å². The summed E-state index contributed by atoms with van der Waals surface area (Å²) in [7, 11) is 0. The Morgan fingerprint density at radius 2 is 1.08 bits per heavy atom. The van der Waals surface area contributed by atoms with Crippen molar-refractivity contribution >= 4 is 17.9 Å². The van der Waals surface area contributed by atoms with Gasteiger partial charge >= 0.3 is 11.9 Å². The van der Waals surface area contributed by atoms with Crippen molar-refractivity contribution in [1.82, 2.24) is 0 Å². The van der Waals surface area contributed by atoms with E-state index in [0.717, 1.165) is 44.9 Å². The van der Waals surface area contributed by atoms with Crippen molar-refractivity contribution in [2.45, 2.75) is 111 Å². The molecule has 0 aromatic rings. The van der Waals surface area contributed by atoms with Crippen LogP contribution in [0.3, 0.4) is 0 Å². The third-order valence-electron chi connectivity index (χ3n) is 7.48. The van der Waals surface area contributed by atoms with Crippen LogP contribution in [0.4, 0.5) is 0 Å². The topological polar surface area (TPSA) is 115 Å². The lowest BCUT2D eigenvalue weighted by Gasteiger charge is -2.44. The second-order valence-corrected chi connectivity index (χ2v) is 10.4. The number of quaternary nitrogens is 1. The fourth-order valence-corrected chi connectivity index (χ4v) is 5.02. The summed E-state index contributed by atoms with van der Waals surface area (Å²) < 4.78 is 0.211. The second-order valence-electron chi connectivity index (χ2n) is 10.4. The minimum absolute atomic E-state index is 0.211. The predicted molar refractivity (Wildman–Crippen MR) is 142 cm³/mol. The Labute approximate surface area is 219 Å². The van der Waals surface area contributed by atoms with Gasteiger partial charge in [0.1, 0.15) is 11.8 Å². The van der Waals surface area contributed by atoms with Crippen molar-refractivity contribution in [1.29, 1.82) is 0 Å². The van der Waals surface area contributed by atoms with E-state index >= 15 is 0 Å². The van der Waals surface area contributed by atoms with Crippen molar-refractivity contribution in [3.8, 4) is 0 Å². The molecule has 0 rings (SSSR count). The zero-order chi connectivity index (χ0) is 27.4. The molecule has 0 aliphatic carbocycles. The lowest BCUT2D eigenvalue weighted by Crippen LogP contribution is -2.59. The molecule has 0 spiro atoms. The van der Waals surface area contributed by atoms with Gasteiger partial charge in [-0.15, -0.1) is 0 Å². The molecule has 0 aromatic carbocycles. The standard InChI is InChI=1S/C29H53NO6/c1-5-9-10-11-12-13-14-15-16-17-18-19-20-30(21-24(6-2)27(31)32,22-25(7-3)28(33)34)23-26(8-4)29(35)36/h12-13,24-26H,5-11,14-23H2,1-4H3,(H2-,31,32,33,34,35,36)/b13-12+. The molecular formula is C29H53NO6. The molecule has 0 heterocycles. The maximum atomic E-state index is 11.9. The van der Waals surface area contributed by atoms with Gasteiger partial charge in [0.2, 0.25) is 0 Å². The number of carbonyl (C=O) groups excluding carboxylic acids is 1. The molecule has 0 saturated heterocycles. The van der Waals surface area contributed by atoms with Crippen molar-refractivity contribution in [2.24, 2.45) is 17.8 Å². The number of aliphatic carboxylic acids is 3. The third-order valence-corrected chi connectivity index (χ3v) is 7.48. The molecule has 36 heavy (non-hydrogen) atoms. The zero-order valence-corrected chi connectivity index (χ0v) is 23.4. The smallest absolute Gasteiger partial charge is 0.312 e. The highest BCUT2D eigenvalue weighted by Crippen LogP contribution is 2.25. The summed E-state index contributed by atoms with van der Waals surface area (Å²) in [5.74, 6) is -4.97. The number of hydrogen-bond donors (Lipinski definition) is 2. The minimum atomic E-state index is -1.14. The quantitative estimate of drug-likeness (QED) is 0.104. The molecule has 0 bridgehead atoms. The molecule has 0 fully saturated rings. The number of hydrogen-bond acceptors (Lipinski definition) is 4. The summed E-state index contributed by atoms with van der Waals surface area (Å²) in [6.07, 6.45) is 16.9. The molecule has 0 amide bonds. The Kier molecular flexibility index (Phi) is 19.1. The van der Waals surface area contributed by atoms with E-state index in [1.807, 2.05) is 13.8 Å². The van der Waals surface area contributed by atoms with E-state index in [-0.39, 0.29) is 24.1 Å². The fourth-order valence-electron chi connectivity index (χ4n) is 5.02. The van der Waals surface area contributed by atoms with E-state index in [4.69, 9.17) is 0 Å². The van der Waals surface area contributed by atoms with Gasteiger partial charge in [0, 0.05) is 5.92 Å². The van der Waals surface area contributed by atoms with E-state index in [1.54, 1.807) is 6.92 Å². The Hall–Kier alpha value is -1.89. The minimum Gasteiger partial charge on any atom is -0.550 e. The third kappa shape index (κ3) is 14.6. The monoisotopic (exact) mass is 511 g/mol. The number of allylic oxidation sites excluding steroid dienone is 2. The summed E-state index contributed by atoms with van der Waals surface area (Å²) in [5.41, 5.74) is 0. The van der Waals surface area contributed by atoms with Gasteiger partial charge in [-0.1, -0.05) is 65.5 Å². The zero-order valence-electron chi connectivity index (χ0n) is 23.4. The SMILES string of the molecule is CCCCC/C=C/CCCCCCC[N+](CC(CC)C(=O)[O-])(CC(CC)C(=O)O)CC(CC)C(=O)O. The average Bonchev–Trinajstić information content (AvgIpc) is 2.84. The number of carboxylic acid groups (broad SMARTS) is 3.